The molecule has 88 valence electrons. The summed E-state index contributed by atoms with van der Waals surface area (Å²) in [5.41, 5.74) is 3.31. The summed E-state index contributed by atoms with van der Waals surface area (Å²) in [7, 11) is 2.07. The van der Waals surface area contributed by atoms with E-state index in [4.69, 9.17) is 0 Å². The molecule has 0 saturated heterocycles. The summed E-state index contributed by atoms with van der Waals surface area (Å²) in [5.74, 6) is 0.931. The second kappa shape index (κ2) is 4.58. The van der Waals surface area contributed by atoms with Gasteiger partial charge in [-0.3, -0.25) is 0 Å². The van der Waals surface area contributed by atoms with Crippen LogP contribution in [0.5, 0.6) is 0 Å². The molecule has 1 aliphatic carbocycles. The molecular weight excluding hydrogens is 194 g/mol. The van der Waals surface area contributed by atoms with Crippen molar-refractivity contribution in [2.45, 2.75) is 33.1 Å². The van der Waals surface area contributed by atoms with Gasteiger partial charge in [-0.05, 0) is 50.1 Å². The number of hydrogen-bond acceptors (Lipinski definition) is 1. The lowest BCUT2D eigenvalue weighted by Crippen LogP contribution is -2.33. The highest BCUT2D eigenvalue weighted by Crippen LogP contribution is 2.47. The van der Waals surface area contributed by atoms with E-state index < -0.39 is 0 Å². The topological polar surface area (TPSA) is 12.0 Å². The Balaban J connectivity index is 2.10. The van der Waals surface area contributed by atoms with Gasteiger partial charge < -0.3 is 5.32 Å². The summed E-state index contributed by atoms with van der Waals surface area (Å²) < 4.78 is 0. The van der Waals surface area contributed by atoms with E-state index in [0.717, 1.165) is 12.5 Å². The van der Waals surface area contributed by atoms with Gasteiger partial charge in [-0.1, -0.05) is 36.8 Å². The smallest absolute Gasteiger partial charge is 0.000800 e. The zero-order valence-corrected chi connectivity index (χ0v) is 10.7. The average Bonchev–Trinajstić information content (AvgIpc) is 3.00. The van der Waals surface area contributed by atoms with Crippen molar-refractivity contribution in [3.63, 3.8) is 0 Å². The predicted molar refractivity (Wildman–Crippen MR) is 69.6 cm³/mol. The molecule has 0 aliphatic heterocycles. The highest BCUT2D eigenvalue weighted by molar-refractivity contribution is 5.23. The summed E-state index contributed by atoms with van der Waals surface area (Å²) in [4.78, 5) is 0. The lowest BCUT2D eigenvalue weighted by molar-refractivity contribution is 0.263. The maximum atomic E-state index is 3.36. The third-order valence-electron chi connectivity index (χ3n) is 3.83. The lowest BCUT2D eigenvalue weighted by Gasteiger charge is -2.30. The van der Waals surface area contributed by atoms with Gasteiger partial charge in [0.1, 0.15) is 0 Å². The van der Waals surface area contributed by atoms with Gasteiger partial charge in [0.15, 0.2) is 0 Å². The minimum Gasteiger partial charge on any atom is -0.319 e. The number of aryl methyl sites for hydroxylation is 1. The first kappa shape index (κ1) is 11.7. The maximum absolute atomic E-state index is 3.36. The van der Waals surface area contributed by atoms with E-state index >= 15 is 0 Å². The molecule has 2 rings (SSSR count). The molecule has 16 heavy (non-hydrogen) atoms. The molecule has 1 fully saturated rings. The van der Waals surface area contributed by atoms with E-state index in [9.17, 15) is 0 Å². The SMILES string of the molecule is CNCC(C)(Cc1cccc(C)c1)C1CC1. The Morgan fingerprint density at radius 3 is 2.69 bits per heavy atom. The van der Waals surface area contributed by atoms with E-state index in [1.54, 1.807) is 0 Å². The molecule has 0 spiro atoms. The molecule has 1 aliphatic rings. The molecule has 1 N–H and O–H groups in total. The molecule has 1 aromatic rings. The monoisotopic (exact) mass is 217 g/mol. The normalized spacial score (nSPS) is 19.4. The van der Waals surface area contributed by atoms with Crippen LogP contribution in [0.3, 0.4) is 0 Å². The largest absolute Gasteiger partial charge is 0.319 e. The summed E-state index contributed by atoms with van der Waals surface area (Å²) >= 11 is 0. The van der Waals surface area contributed by atoms with Crippen LogP contribution in [0.2, 0.25) is 0 Å². The lowest BCUT2D eigenvalue weighted by atomic mass is 9.78. The molecule has 1 saturated carbocycles. The Hall–Kier alpha value is -0.820. The number of benzene rings is 1. The molecule has 1 nitrogen and oxygen atoms in total. The molecule has 0 amide bonds. The first-order valence-corrected chi connectivity index (χ1v) is 6.34. The Labute approximate surface area is 99.3 Å². The minimum absolute atomic E-state index is 0.447. The molecule has 0 bridgehead atoms. The van der Waals surface area contributed by atoms with Crippen LogP contribution in [0, 0.1) is 18.3 Å². The number of nitrogens with one attached hydrogen (secondary N) is 1. The quantitative estimate of drug-likeness (QED) is 0.799. The maximum Gasteiger partial charge on any atom is 0.000800 e. The molecular formula is C15H23N. The summed E-state index contributed by atoms with van der Waals surface area (Å²) in [6, 6.07) is 8.95. The van der Waals surface area contributed by atoms with Gasteiger partial charge in [0.05, 0.1) is 0 Å². The molecule has 1 heteroatoms. The van der Waals surface area contributed by atoms with Gasteiger partial charge >= 0.3 is 0 Å². The van der Waals surface area contributed by atoms with Crippen LogP contribution in [0.25, 0.3) is 0 Å². The van der Waals surface area contributed by atoms with Crippen molar-refractivity contribution in [3.05, 3.63) is 35.4 Å². The van der Waals surface area contributed by atoms with Crippen molar-refractivity contribution >= 4 is 0 Å². The Kier molecular flexibility index (Phi) is 3.34. The van der Waals surface area contributed by atoms with Crippen molar-refractivity contribution in [2.24, 2.45) is 11.3 Å². The third-order valence-corrected chi connectivity index (χ3v) is 3.83. The van der Waals surface area contributed by atoms with Crippen molar-refractivity contribution in [2.75, 3.05) is 13.6 Å². The zero-order valence-electron chi connectivity index (χ0n) is 10.7. The fourth-order valence-electron chi connectivity index (χ4n) is 2.82. The van der Waals surface area contributed by atoms with Gasteiger partial charge in [0.2, 0.25) is 0 Å². The van der Waals surface area contributed by atoms with Crippen molar-refractivity contribution in [3.8, 4) is 0 Å². The van der Waals surface area contributed by atoms with Crippen LogP contribution in [0.15, 0.2) is 24.3 Å². The van der Waals surface area contributed by atoms with Crippen LogP contribution < -0.4 is 5.32 Å². The van der Waals surface area contributed by atoms with E-state index in [2.05, 4.69) is 50.5 Å². The highest BCUT2D eigenvalue weighted by atomic mass is 14.8. The molecule has 1 aromatic carbocycles. The second-order valence-corrected chi connectivity index (χ2v) is 5.62. The Bertz CT molecular complexity index is 354. The van der Waals surface area contributed by atoms with Gasteiger partial charge in [-0.2, -0.15) is 0 Å². The fraction of sp³-hybridized carbons (Fsp3) is 0.600. The van der Waals surface area contributed by atoms with Gasteiger partial charge in [0, 0.05) is 6.54 Å². The minimum atomic E-state index is 0.447. The summed E-state index contributed by atoms with van der Waals surface area (Å²) in [6.07, 6.45) is 4.05. The summed E-state index contributed by atoms with van der Waals surface area (Å²) in [6.45, 7) is 5.74. The first-order chi connectivity index (χ1) is 7.64. The standard InChI is InChI=1S/C15H23N/c1-12-5-4-6-13(9-12)10-15(2,11-16-3)14-7-8-14/h4-6,9,14,16H,7-8,10-11H2,1-3H3. The summed E-state index contributed by atoms with van der Waals surface area (Å²) in [5, 5.41) is 3.36. The van der Waals surface area contributed by atoms with Crippen LogP contribution in [-0.4, -0.2) is 13.6 Å². The van der Waals surface area contributed by atoms with Gasteiger partial charge in [-0.15, -0.1) is 0 Å². The van der Waals surface area contributed by atoms with E-state index in [-0.39, 0.29) is 0 Å². The highest BCUT2D eigenvalue weighted by Gasteiger charge is 2.40. The van der Waals surface area contributed by atoms with E-state index in [1.807, 2.05) is 0 Å². The fourth-order valence-corrected chi connectivity index (χ4v) is 2.82. The van der Waals surface area contributed by atoms with Crippen LogP contribution in [0.1, 0.15) is 30.9 Å². The molecule has 0 aromatic heterocycles. The Morgan fingerprint density at radius 1 is 1.38 bits per heavy atom. The van der Waals surface area contributed by atoms with E-state index in [0.29, 0.717) is 5.41 Å². The second-order valence-electron chi connectivity index (χ2n) is 5.62. The van der Waals surface area contributed by atoms with Crippen molar-refractivity contribution in [1.82, 2.24) is 5.32 Å². The van der Waals surface area contributed by atoms with Crippen LogP contribution in [-0.2, 0) is 6.42 Å². The van der Waals surface area contributed by atoms with Crippen molar-refractivity contribution < 1.29 is 0 Å². The molecule has 1 unspecified atom stereocenters. The van der Waals surface area contributed by atoms with Gasteiger partial charge in [0.25, 0.3) is 0 Å². The zero-order chi connectivity index (χ0) is 11.6. The average molecular weight is 217 g/mol. The molecule has 0 heterocycles. The predicted octanol–water partition coefficient (Wildman–Crippen LogP) is 3.17. The number of rotatable bonds is 5. The Morgan fingerprint density at radius 2 is 2.12 bits per heavy atom. The number of hydrogen-bond donors (Lipinski definition) is 1. The molecule has 1 atom stereocenters. The third kappa shape index (κ3) is 2.65. The van der Waals surface area contributed by atoms with Crippen LogP contribution >= 0.6 is 0 Å². The van der Waals surface area contributed by atoms with Gasteiger partial charge in [-0.25, -0.2) is 0 Å². The van der Waals surface area contributed by atoms with E-state index in [1.165, 1.54) is 30.4 Å². The first-order valence-electron chi connectivity index (χ1n) is 6.34. The molecule has 0 radical (unpaired) electrons. The van der Waals surface area contributed by atoms with Crippen molar-refractivity contribution in [1.29, 1.82) is 0 Å². The van der Waals surface area contributed by atoms with Crippen LogP contribution in [0.4, 0.5) is 0 Å².